The topological polar surface area (TPSA) is 84.6 Å². The van der Waals surface area contributed by atoms with Gasteiger partial charge in [-0.25, -0.2) is 0 Å². The zero-order valence-electron chi connectivity index (χ0n) is 10.9. The summed E-state index contributed by atoms with van der Waals surface area (Å²) in [6, 6.07) is 11.4. The molecule has 6 heteroatoms. The van der Waals surface area contributed by atoms with E-state index in [0.29, 0.717) is 22.7 Å². The molecule has 0 atom stereocenters. The fourth-order valence-corrected chi connectivity index (χ4v) is 1.74. The predicted molar refractivity (Wildman–Crippen MR) is 75.1 cm³/mol. The molecular weight excluding hydrogens is 260 g/mol. The SMILES string of the molecule is CNc1cc(Oc2cccc(CO)c2)cc([N+](=O)[O-])c1. The van der Waals surface area contributed by atoms with Crippen molar-refractivity contribution in [1.82, 2.24) is 0 Å². The molecule has 2 rings (SSSR count). The van der Waals surface area contributed by atoms with Crippen LogP contribution >= 0.6 is 0 Å². The van der Waals surface area contributed by atoms with Gasteiger partial charge in [-0.1, -0.05) is 12.1 Å². The van der Waals surface area contributed by atoms with E-state index in [0.717, 1.165) is 0 Å². The molecule has 2 N–H and O–H groups in total. The van der Waals surface area contributed by atoms with Crippen LogP contribution in [0.25, 0.3) is 0 Å². The van der Waals surface area contributed by atoms with Gasteiger partial charge < -0.3 is 15.2 Å². The maximum atomic E-state index is 10.9. The van der Waals surface area contributed by atoms with Gasteiger partial charge >= 0.3 is 0 Å². The molecule has 0 aliphatic rings. The minimum absolute atomic E-state index is 0.0508. The van der Waals surface area contributed by atoms with Gasteiger partial charge in [0.1, 0.15) is 11.5 Å². The van der Waals surface area contributed by atoms with Crippen molar-refractivity contribution >= 4 is 11.4 Å². The van der Waals surface area contributed by atoms with Gasteiger partial charge in [-0.15, -0.1) is 0 Å². The number of aliphatic hydroxyl groups excluding tert-OH is 1. The molecule has 6 nitrogen and oxygen atoms in total. The minimum atomic E-state index is -0.474. The number of hydrogen-bond donors (Lipinski definition) is 2. The number of benzene rings is 2. The van der Waals surface area contributed by atoms with Crippen molar-refractivity contribution in [3.05, 3.63) is 58.1 Å². The van der Waals surface area contributed by atoms with Crippen molar-refractivity contribution in [3.63, 3.8) is 0 Å². The average Bonchev–Trinajstić information content (AvgIpc) is 2.47. The first-order valence-corrected chi connectivity index (χ1v) is 5.97. The Morgan fingerprint density at radius 1 is 1.25 bits per heavy atom. The zero-order chi connectivity index (χ0) is 14.5. The standard InChI is InChI=1S/C14H14N2O4/c1-15-11-6-12(16(18)19)8-14(7-11)20-13-4-2-3-10(5-13)9-17/h2-8,15,17H,9H2,1H3. The number of aliphatic hydroxyl groups is 1. The van der Waals surface area contributed by atoms with Crippen LogP contribution in [0.3, 0.4) is 0 Å². The maximum absolute atomic E-state index is 10.9. The number of nitro groups is 1. The first-order chi connectivity index (χ1) is 9.62. The predicted octanol–water partition coefficient (Wildman–Crippen LogP) is 2.92. The van der Waals surface area contributed by atoms with Crippen molar-refractivity contribution in [2.24, 2.45) is 0 Å². The van der Waals surface area contributed by atoms with Crippen LogP contribution in [0.1, 0.15) is 5.56 Å². The van der Waals surface area contributed by atoms with E-state index in [2.05, 4.69) is 5.32 Å². The monoisotopic (exact) mass is 274 g/mol. The van der Waals surface area contributed by atoms with E-state index in [4.69, 9.17) is 9.84 Å². The summed E-state index contributed by atoms with van der Waals surface area (Å²) in [6.07, 6.45) is 0. The molecule has 2 aromatic rings. The van der Waals surface area contributed by atoms with Crippen LogP contribution in [-0.4, -0.2) is 17.1 Å². The molecule has 0 aliphatic carbocycles. The van der Waals surface area contributed by atoms with Gasteiger partial charge in [0.15, 0.2) is 0 Å². The molecule has 20 heavy (non-hydrogen) atoms. The highest BCUT2D eigenvalue weighted by Gasteiger charge is 2.10. The maximum Gasteiger partial charge on any atom is 0.275 e. The lowest BCUT2D eigenvalue weighted by Gasteiger charge is -2.08. The fraction of sp³-hybridized carbons (Fsp3) is 0.143. The van der Waals surface area contributed by atoms with Crippen molar-refractivity contribution in [2.45, 2.75) is 6.61 Å². The Balaban J connectivity index is 2.32. The molecule has 0 bridgehead atoms. The molecule has 0 fully saturated rings. The fourth-order valence-electron chi connectivity index (χ4n) is 1.74. The van der Waals surface area contributed by atoms with Crippen molar-refractivity contribution in [3.8, 4) is 11.5 Å². The minimum Gasteiger partial charge on any atom is -0.457 e. The highest BCUT2D eigenvalue weighted by atomic mass is 16.6. The molecule has 104 valence electrons. The third-order valence-corrected chi connectivity index (χ3v) is 2.71. The van der Waals surface area contributed by atoms with E-state index >= 15 is 0 Å². The Morgan fingerprint density at radius 2 is 2.05 bits per heavy atom. The summed E-state index contributed by atoms with van der Waals surface area (Å²) >= 11 is 0. The van der Waals surface area contributed by atoms with Crippen LogP contribution in [0.4, 0.5) is 11.4 Å². The van der Waals surface area contributed by atoms with Crippen LogP contribution in [0.15, 0.2) is 42.5 Å². The van der Waals surface area contributed by atoms with E-state index in [9.17, 15) is 10.1 Å². The molecule has 2 aromatic carbocycles. The van der Waals surface area contributed by atoms with Gasteiger partial charge in [0.2, 0.25) is 0 Å². The number of nitro benzene ring substituents is 1. The Labute approximate surface area is 115 Å². The highest BCUT2D eigenvalue weighted by Crippen LogP contribution is 2.29. The van der Waals surface area contributed by atoms with Gasteiger partial charge in [0.05, 0.1) is 17.6 Å². The van der Waals surface area contributed by atoms with Gasteiger partial charge in [-0.2, -0.15) is 0 Å². The quantitative estimate of drug-likeness (QED) is 0.646. The number of nitrogens with zero attached hydrogens (tertiary/aromatic N) is 1. The average molecular weight is 274 g/mol. The van der Waals surface area contributed by atoms with Crippen molar-refractivity contribution < 1.29 is 14.8 Å². The summed E-state index contributed by atoms with van der Waals surface area (Å²) in [5.41, 5.74) is 1.25. The smallest absolute Gasteiger partial charge is 0.275 e. The summed E-state index contributed by atoms with van der Waals surface area (Å²) in [4.78, 5) is 10.4. The zero-order valence-corrected chi connectivity index (χ0v) is 10.9. The summed E-state index contributed by atoms with van der Waals surface area (Å²) in [6.45, 7) is -0.0894. The first-order valence-electron chi connectivity index (χ1n) is 5.97. The van der Waals surface area contributed by atoms with Crippen LogP contribution in [0, 0.1) is 10.1 Å². The van der Waals surface area contributed by atoms with Crippen LogP contribution < -0.4 is 10.1 Å². The van der Waals surface area contributed by atoms with Crippen LogP contribution in [0.2, 0.25) is 0 Å². The molecule has 0 aliphatic heterocycles. The summed E-state index contributed by atoms with van der Waals surface area (Å²) < 4.78 is 5.60. The van der Waals surface area contributed by atoms with E-state index in [-0.39, 0.29) is 12.3 Å². The van der Waals surface area contributed by atoms with Crippen LogP contribution in [0.5, 0.6) is 11.5 Å². The Hall–Kier alpha value is -2.60. The molecular formula is C14H14N2O4. The third kappa shape index (κ3) is 3.24. The highest BCUT2D eigenvalue weighted by molar-refractivity contribution is 5.56. The molecule has 0 amide bonds. The lowest BCUT2D eigenvalue weighted by molar-refractivity contribution is -0.384. The lowest BCUT2D eigenvalue weighted by atomic mass is 10.2. The number of hydrogen-bond acceptors (Lipinski definition) is 5. The van der Waals surface area contributed by atoms with E-state index < -0.39 is 4.92 Å². The Kier molecular flexibility index (Phi) is 4.17. The summed E-state index contributed by atoms with van der Waals surface area (Å²) in [7, 11) is 1.68. The number of nitrogens with one attached hydrogen (secondary N) is 1. The van der Waals surface area contributed by atoms with Gasteiger partial charge in [0.25, 0.3) is 5.69 Å². The second-order valence-electron chi connectivity index (χ2n) is 4.13. The Morgan fingerprint density at radius 3 is 2.70 bits per heavy atom. The number of ether oxygens (including phenoxy) is 1. The van der Waals surface area contributed by atoms with E-state index in [1.807, 2.05) is 0 Å². The molecule has 0 unspecified atom stereocenters. The lowest BCUT2D eigenvalue weighted by Crippen LogP contribution is -1.94. The molecule has 0 heterocycles. The number of anilines is 1. The van der Waals surface area contributed by atoms with E-state index in [1.54, 1.807) is 37.4 Å². The van der Waals surface area contributed by atoms with Crippen LogP contribution in [-0.2, 0) is 6.61 Å². The normalized spacial score (nSPS) is 10.1. The van der Waals surface area contributed by atoms with Gasteiger partial charge in [-0.05, 0) is 17.7 Å². The Bertz CT molecular complexity index is 628. The second kappa shape index (κ2) is 6.03. The van der Waals surface area contributed by atoms with E-state index in [1.165, 1.54) is 12.1 Å². The van der Waals surface area contributed by atoms with Gasteiger partial charge in [0, 0.05) is 24.9 Å². The molecule has 0 aromatic heterocycles. The molecule has 0 saturated heterocycles. The number of non-ortho nitro benzene ring substituents is 1. The first kappa shape index (κ1) is 13.8. The second-order valence-corrected chi connectivity index (χ2v) is 4.13. The van der Waals surface area contributed by atoms with Crippen molar-refractivity contribution in [2.75, 3.05) is 12.4 Å². The largest absolute Gasteiger partial charge is 0.457 e. The molecule has 0 spiro atoms. The number of rotatable bonds is 5. The summed E-state index contributed by atoms with van der Waals surface area (Å²) in [5.74, 6) is 0.873. The van der Waals surface area contributed by atoms with Gasteiger partial charge in [-0.3, -0.25) is 10.1 Å². The third-order valence-electron chi connectivity index (χ3n) is 2.71. The van der Waals surface area contributed by atoms with Crippen molar-refractivity contribution in [1.29, 1.82) is 0 Å². The molecule has 0 saturated carbocycles. The summed E-state index contributed by atoms with van der Waals surface area (Å²) in [5, 5.41) is 22.8. The molecule has 0 radical (unpaired) electrons.